The highest BCUT2D eigenvalue weighted by Gasteiger charge is 2.26. The number of nitrogens with zero attached hydrogens (tertiary/aromatic N) is 2. The molecule has 1 N–H and O–H groups in total. The van der Waals surface area contributed by atoms with Crippen molar-refractivity contribution in [2.24, 2.45) is 0 Å². The van der Waals surface area contributed by atoms with Gasteiger partial charge in [-0.3, -0.25) is 9.59 Å². The second kappa shape index (κ2) is 11.6. The lowest BCUT2D eigenvalue weighted by atomic mass is 10.1. The molecule has 8 nitrogen and oxygen atoms in total. The Balaban J connectivity index is 1.46. The first-order valence-corrected chi connectivity index (χ1v) is 12.9. The van der Waals surface area contributed by atoms with Gasteiger partial charge in [-0.15, -0.1) is 0 Å². The predicted molar refractivity (Wildman–Crippen MR) is 130 cm³/mol. The van der Waals surface area contributed by atoms with Crippen molar-refractivity contribution in [1.82, 2.24) is 14.5 Å². The summed E-state index contributed by atoms with van der Waals surface area (Å²) in [6.07, 6.45) is 0.810. The van der Waals surface area contributed by atoms with Crippen LogP contribution in [0.2, 0.25) is 0 Å². The number of hydrogen-bond acceptors (Lipinski definition) is 5. The summed E-state index contributed by atoms with van der Waals surface area (Å²) < 4.78 is 32.0. The third kappa shape index (κ3) is 6.65. The third-order valence-corrected chi connectivity index (χ3v) is 7.87. The molecule has 1 heterocycles. The van der Waals surface area contributed by atoms with Crippen molar-refractivity contribution in [3.8, 4) is 0 Å². The van der Waals surface area contributed by atoms with E-state index in [1.54, 1.807) is 48.3 Å². The summed E-state index contributed by atoms with van der Waals surface area (Å²) in [5, 5.41) is 2.89. The first kappa shape index (κ1) is 25.9. The van der Waals surface area contributed by atoms with E-state index >= 15 is 0 Å². The van der Waals surface area contributed by atoms with E-state index in [2.05, 4.69) is 5.32 Å². The van der Waals surface area contributed by atoms with Crippen LogP contribution in [0.5, 0.6) is 0 Å². The standard InChI is InChI=1S/C25H33N3O5S/c1-19(2)27(3)25(30)22-9-4-21(5-10-22)18-26-24(29)13-8-20-6-11-23(12-7-20)34(31,32)28-14-16-33-17-15-28/h4-7,9-12,19H,8,13-18H2,1-3H3,(H,26,29). The van der Waals surface area contributed by atoms with E-state index in [-0.39, 0.29) is 22.8 Å². The molecule has 184 valence electrons. The van der Waals surface area contributed by atoms with Gasteiger partial charge < -0.3 is 15.0 Å². The van der Waals surface area contributed by atoms with Gasteiger partial charge in [0.1, 0.15) is 0 Å². The fourth-order valence-corrected chi connectivity index (χ4v) is 4.92. The van der Waals surface area contributed by atoms with Crippen LogP contribution in [0.4, 0.5) is 0 Å². The Morgan fingerprint density at radius 1 is 1.00 bits per heavy atom. The summed E-state index contributed by atoms with van der Waals surface area (Å²) in [5.41, 5.74) is 2.42. The molecule has 0 saturated carbocycles. The van der Waals surface area contributed by atoms with E-state index in [4.69, 9.17) is 4.74 Å². The van der Waals surface area contributed by atoms with E-state index in [0.29, 0.717) is 51.3 Å². The number of sulfonamides is 1. The molecule has 2 aromatic carbocycles. The Morgan fingerprint density at radius 3 is 2.18 bits per heavy atom. The van der Waals surface area contributed by atoms with Crippen molar-refractivity contribution >= 4 is 21.8 Å². The first-order valence-electron chi connectivity index (χ1n) is 11.5. The lowest BCUT2D eigenvalue weighted by Gasteiger charge is -2.26. The van der Waals surface area contributed by atoms with Gasteiger partial charge in [0.25, 0.3) is 5.91 Å². The normalized spacial score (nSPS) is 14.7. The van der Waals surface area contributed by atoms with Crippen LogP contribution in [-0.2, 0) is 32.5 Å². The molecule has 3 rings (SSSR count). The first-order chi connectivity index (χ1) is 16.2. The quantitative estimate of drug-likeness (QED) is 0.586. The van der Waals surface area contributed by atoms with Gasteiger partial charge in [-0.05, 0) is 55.7 Å². The van der Waals surface area contributed by atoms with Gasteiger partial charge in [0, 0.05) is 44.7 Å². The monoisotopic (exact) mass is 487 g/mol. The van der Waals surface area contributed by atoms with Crippen LogP contribution in [0.15, 0.2) is 53.4 Å². The zero-order chi connectivity index (χ0) is 24.7. The van der Waals surface area contributed by atoms with Gasteiger partial charge in [0.2, 0.25) is 15.9 Å². The summed E-state index contributed by atoms with van der Waals surface area (Å²) in [7, 11) is -1.74. The summed E-state index contributed by atoms with van der Waals surface area (Å²) in [5.74, 6) is -0.126. The molecule has 0 unspecified atom stereocenters. The van der Waals surface area contributed by atoms with Crippen molar-refractivity contribution in [1.29, 1.82) is 0 Å². The smallest absolute Gasteiger partial charge is 0.253 e. The number of carbonyl (C=O) groups is 2. The maximum Gasteiger partial charge on any atom is 0.253 e. The van der Waals surface area contributed by atoms with Crippen molar-refractivity contribution in [2.75, 3.05) is 33.4 Å². The Labute approximate surface area is 201 Å². The van der Waals surface area contributed by atoms with E-state index in [1.807, 2.05) is 26.0 Å². The van der Waals surface area contributed by atoms with Gasteiger partial charge in [-0.2, -0.15) is 4.31 Å². The van der Waals surface area contributed by atoms with Gasteiger partial charge in [-0.25, -0.2) is 8.42 Å². The average Bonchev–Trinajstić information content (AvgIpc) is 2.86. The molecule has 0 bridgehead atoms. The van der Waals surface area contributed by atoms with E-state index in [9.17, 15) is 18.0 Å². The number of morpholine rings is 1. The summed E-state index contributed by atoms with van der Waals surface area (Å²) >= 11 is 0. The molecule has 0 spiro atoms. The van der Waals surface area contributed by atoms with Gasteiger partial charge >= 0.3 is 0 Å². The van der Waals surface area contributed by atoms with Gasteiger partial charge in [0.05, 0.1) is 18.1 Å². The molecule has 1 aliphatic rings. The molecule has 9 heteroatoms. The predicted octanol–water partition coefficient (Wildman–Crippen LogP) is 2.44. The molecule has 34 heavy (non-hydrogen) atoms. The summed E-state index contributed by atoms with van der Waals surface area (Å²) in [4.78, 5) is 26.6. The molecule has 1 fully saturated rings. The fraction of sp³-hybridized carbons (Fsp3) is 0.440. The minimum absolute atomic E-state index is 0.0330. The number of nitrogens with one attached hydrogen (secondary N) is 1. The number of rotatable bonds is 9. The number of hydrogen-bond donors (Lipinski definition) is 1. The molecular formula is C25H33N3O5S. The lowest BCUT2D eigenvalue weighted by molar-refractivity contribution is -0.121. The van der Waals surface area contributed by atoms with Crippen LogP contribution in [-0.4, -0.2) is 68.8 Å². The number of amides is 2. The lowest BCUT2D eigenvalue weighted by Crippen LogP contribution is -2.40. The largest absolute Gasteiger partial charge is 0.379 e. The van der Waals surface area contributed by atoms with Crippen LogP contribution >= 0.6 is 0 Å². The maximum absolute atomic E-state index is 12.7. The Kier molecular flexibility index (Phi) is 8.82. The van der Waals surface area contributed by atoms with Crippen molar-refractivity contribution in [2.45, 2.75) is 44.2 Å². The fourth-order valence-electron chi connectivity index (χ4n) is 3.51. The molecule has 2 aromatic rings. The zero-order valence-corrected chi connectivity index (χ0v) is 20.8. The number of carbonyl (C=O) groups excluding carboxylic acids is 2. The Morgan fingerprint density at radius 2 is 1.59 bits per heavy atom. The summed E-state index contributed by atoms with van der Waals surface area (Å²) in [6.45, 7) is 5.84. The van der Waals surface area contributed by atoms with Gasteiger partial charge in [0.15, 0.2) is 0 Å². The molecule has 0 aliphatic carbocycles. The zero-order valence-electron chi connectivity index (χ0n) is 20.0. The molecule has 1 aliphatic heterocycles. The SMILES string of the molecule is CC(C)N(C)C(=O)c1ccc(CNC(=O)CCc2ccc(S(=O)(=O)N3CCOCC3)cc2)cc1. The van der Waals surface area contributed by atoms with Crippen LogP contribution in [0.3, 0.4) is 0 Å². The maximum atomic E-state index is 12.7. The molecule has 0 aromatic heterocycles. The van der Waals surface area contributed by atoms with Crippen molar-refractivity contribution < 1.29 is 22.7 Å². The van der Waals surface area contributed by atoms with Crippen LogP contribution in [0.1, 0.15) is 41.8 Å². The minimum atomic E-state index is -3.52. The summed E-state index contributed by atoms with van der Waals surface area (Å²) in [6, 6.07) is 14.1. The Hall–Kier alpha value is -2.75. The molecular weight excluding hydrogens is 454 g/mol. The molecule has 2 amide bonds. The average molecular weight is 488 g/mol. The Bertz CT molecular complexity index is 1080. The van der Waals surface area contributed by atoms with Crippen LogP contribution < -0.4 is 5.32 Å². The van der Waals surface area contributed by atoms with Crippen LogP contribution in [0, 0.1) is 0 Å². The second-order valence-electron chi connectivity index (χ2n) is 8.64. The highest BCUT2D eigenvalue weighted by Crippen LogP contribution is 2.18. The van der Waals surface area contributed by atoms with E-state index in [1.165, 1.54) is 4.31 Å². The van der Waals surface area contributed by atoms with E-state index in [0.717, 1.165) is 11.1 Å². The van der Waals surface area contributed by atoms with Gasteiger partial charge in [-0.1, -0.05) is 24.3 Å². The number of benzene rings is 2. The highest BCUT2D eigenvalue weighted by atomic mass is 32.2. The van der Waals surface area contributed by atoms with Crippen molar-refractivity contribution in [3.63, 3.8) is 0 Å². The third-order valence-electron chi connectivity index (χ3n) is 5.96. The topological polar surface area (TPSA) is 96.0 Å². The number of aryl methyl sites for hydroxylation is 1. The highest BCUT2D eigenvalue weighted by molar-refractivity contribution is 7.89. The number of ether oxygens (including phenoxy) is 1. The molecule has 1 saturated heterocycles. The van der Waals surface area contributed by atoms with Crippen molar-refractivity contribution in [3.05, 3.63) is 65.2 Å². The minimum Gasteiger partial charge on any atom is -0.379 e. The molecule has 0 radical (unpaired) electrons. The van der Waals surface area contributed by atoms with E-state index < -0.39 is 10.0 Å². The second-order valence-corrected chi connectivity index (χ2v) is 10.6. The molecule has 0 atom stereocenters. The van der Waals surface area contributed by atoms with Crippen LogP contribution in [0.25, 0.3) is 0 Å².